The first-order valence-corrected chi connectivity index (χ1v) is 16.7. The van der Waals surface area contributed by atoms with Crippen LogP contribution >= 0.6 is 27.7 Å². The van der Waals surface area contributed by atoms with Crippen molar-refractivity contribution in [3.05, 3.63) is 58.7 Å². The molecule has 1 aliphatic heterocycles. The van der Waals surface area contributed by atoms with E-state index in [1.807, 2.05) is 41.5 Å². The van der Waals surface area contributed by atoms with Crippen LogP contribution in [0.25, 0.3) is 33.6 Å². The normalized spacial score (nSPS) is 13.8. The van der Waals surface area contributed by atoms with Gasteiger partial charge in [-0.25, -0.2) is 19.9 Å². The summed E-state index contributed by atoms with van der Waals surface area (Å²) >= 11 is 5.02. The van der Waals surface area contributed by atoms with Crippen LogP contribution in [0.15, 0.2) is 52.5 Å². The molecule has 44 heavy (non-hydrogen) atoms. The number of hydrogen-bond donors (Lipinski definition) is 2. The van der Waals surface area contributed by atoms with Gasteiger partial charge in [-0.1, -0.05) is 47.6 Å². The lowest BCUT2D eigenvalue weighted by Gasteiger charge is -2.21. The zero-order valence-corrected chi connectivity index (χ0v) is 28.6. The molecule has 0 atom stereocenters. The Balaban J connectivity index is 0.000000204. The van der Waals surface area contributed by atoms with E-state index < -0.39 is 10.8 Å². The lowest BCUT2D eigenvalue weighted by molar-refractivity contribution is 0.0854. The highest BCUT2D eigenvalue weighted by Crippen LogP contribution is 2.35. The number of hydrogen-bond acceptors (Lipinski definition) is 8. The fraction of sp³-hybridized carbons (Fsp3) is 0.394. The summed E-state index contributed by atoms with van der Waals surface area (Å²) in [5, 5.41) is 0. The van der Waals surface area contributed by atoms with Crippen LogP contribution in [-0.2, 0) is 0 Å². The van der Waals surface area contributed by atoms with Crippen molar-refractivity contribution in [2.75, 3.05) is 24.2 Å². The van der Waals surface area contributed by atoms with E-state index in [4.69, 9.17) is 4.98 Å². The number of rotatable bonds is 5. The number of H-pyrrole nitrogens is 2. The maximum Gasteiger partial charge on any atom is 0.171 e. The highest BCUT2D eigenvalue weighted by Gasteiger charge is 2.27. The molecule has 4 aromatic heterocycles. The SMILES string of the molecule is CC(C)(C)C(=O)c1c[nH]c2ncc(Br)nc12.CSc1ccc(-c2cnc3[nH]cc(C(=O)C(C)(C)C)c3n2)cc1N1CCCC1. The van der Waals surface area contributed by atoms with E-state index in [1.54, 1.807) is 36.5 Å². The first-order valence-electron chi connectivity index (χ1n) is 14.6. The number of benzene rings is 1. The molecule has 0 unspecified atom stereocenters. The summed E-state index contributed by atoms with van der Waals surface area (Å²) in [5.41, 5.74) is 5.97. The number of aromatic nitrogens is 6. The molecule has 0 radical (unpaired) electrons. The van der Waals surface area contributed by atoms with E-state index >= 15 is 0 Å². The number of anilines is 1. The number of carbonyl (C=O) groups excluding carboxylic acids is 2. The second kappa shape index (κ2) is 12.4. The number of carbonyl (C=O) groups is 2. The average molecular weight is 677 g/mol. The second-order valence-electron chi connectivity index (χ2n) is 13.0. The molecule has 1 aromatic carbocycles. The van der Waals surface area contributed by atoms with Crippen molar-refractivity contribution in [2.24, 2.45) is 10.8 Å². The van der Waals surface area contributed by atoms with Gasteiger partial charge in [0.15, 0.2) is 22.9 Å². The Labute approximate surface area is 270 Å². The summed E-state index contributed by atoms with van der Waals surface area (Å²) in [4.78, 5) is 52.5. The largest absolute Gasteiger partial charge is 0.371 e. The van der Waals surface area contributed by atoms with Crippen molar-refractivity contribution in [1.82, 2.24) is 29.9 Å². The highest BCUT2D eigenvalue weighted by atomic mass is 79.9. The molecule has 2 N–H and O–H groups in total. The summed E-state index contributed by atoms with van der Waals surface area (Å²) in [5.74, 6) is 0.131. The Morgan fingerprint density at radius 1 is 0.841 bits per heavy atom. The monoisotopic (exact) mass is 675 g/mol. The quantitative estimate of drug-likeness (QED) is 0.142. The second-order valence-corrected chi connectivity index (χ2v) is 14.6. The summed E-state index contributed by atoms with van der Waals surface area (Å²) in [6.07, 6.45) is 11.4. The molecule has 0 saturated carbocycles. The maximum atomic E-state index is 12.8. The van der Waals surface area contributed by atoms with Gasteiger partial charge in [0.1, 0.15) is 15.6 Å². The average Bonchev–Trinajstić information content (AvgIpc) is 3.75. The minimum atomic E-state index is -0.463. The Morgan fingerprint density at radius 3 is 1.93 bits per heavy atom. The van der Waals surface area contributed by atoms with E-state index in [9.17, 15) is 9.59 Å². The molecule has 11 heteroatoms. The highest BCUT2D eigenvalue weighted by molar-refractivity contribution is 9.10. The molecule has 0 aliphatic carbocycles. The Morgan fingerprint density at radius 2 is 1.39 bits per heavy atom. The lowest BCUT2D eigenvalue weighted by Crippen LogP contribution is -2.20. The minimum Gasteiger partial charge on any atom is -0.371 e. The molecule has 9 nitrogen and oxygen atoms in total. The standard InChI is InChI=1S/C22H26N4OS.C11H12BrN3O/c1-22(2,3)20(27)15-12-23-21-19(15)25-16(13-24-21)14-7-8-18(28-4)17(11-14)26-9-5-6-10-26;1-11(2,3)9(16)6-4-13-10-8(6)15-7(12)5-14-10/h7-8,11-13H,5-6,9-10H2,1-4H3,(H,23,24);4-5H,1-3H3,(H,13,14). The van der Waals surface area contributed by atoms with Gasteiger partial charge >= 0.3 is 0 Å². The van der Waals surface area contributed by atoms with E-state index in [0.717, 1.165) is 24.3 Å². The van der Waals surface area contributed by atoms with Gasteiger partial charge in [-0.15, -0.1) is 11.8 Å². The predicted molar refractivity (Wildman–Crippen MR) is 182 cm³/mol. The van der Waals surface area contributed by atoms with Crippen molar-refractivity contribution in [2.45, 2.75) is 59.3 Å². The lowest BCUT2D eigenvalue weighted by atomic mass is 9.87. The molecule has 0 amide bonds. The zero-order chi connectivity index (χ0) is 31.8. The number of halogens is 1. The zero-order valence-electron chi connectivity index (χ0n) is 26.2. The molecule has 5 aromatic rings. The number of ketones is 2. The molecule has 1 aliphatic rings. The molecule has 1 fully saturated rings. The van der Waals surface area contributed by atoms with E-state index in [1.165, 1.54) is 23.4 Å². The van der Waals surface area contributed by atoms with Gasteiger partial charge in [0.2, 0.25) is 0 Å². The molecule has 5 heterocycles. The third kappa shape index (κ3) is 6.58. The number of Topliss-reactive ketones (excluding diaryl/α,β-unsaturated/α-hetero) is 2. The smallest absolute Gasteiger partial charge is 0.171 e. The van der Waals surface area contributed by atoms with Crippen molar-refractivity contribution in [1.29, 1.82) is 0 Å². The topological polar surface area (TPSA) is 121 Å². The van der Waals surface area contributed by atoms with Gasteiger partial charge in [-0.3, -0.25) is 9.59 Å². The Bertz CT molecular complexity index is 1840. The molecular formula is C33H38BrN7O2S. The molecule has 230 valence electrons. The van der Waals surface area contributed by atoms with Crippen molar-refractivity contribution in [3.63, 3.8) is 0 Å². The number of nitrogens with one attached hydrogen (secondary N) is 2. The van der Waals surface area contributed by atoms with Crippen LogP contribution in [0.2, 0.25) is 0 Å². The number of aromatic amines is 2. The van der Waals surface area contributed by atoms with Crippen LogP contribution in [0.3, 0.4) is 0 Å². The summed E-state index contributed by atoms with van der Waals surface area (Å²) in [7, 11) is 0. The van der Waals surface area contributed by atoms with Crippen LogP contribution in [0.5, 0.6) is 0 Å². The minimum absolute atomic E-state index is 0.0613. The fourth-order valence-electron chi connectivity index (χ4n) is 5.11. The van der Waals surface area contributed by atoms with Gasteiger partial charge in [-0.2, -0.15) is 0 Å². The summed E-state index contributed by atoms with van der Waals surface area (Å²) in [6.45, 7) is 13.6. The van der Waals surface area contributed by atoms with Crippen LogP contribution in [0.4, 0.5) is 5.69 Å². The van der Waals surface area contributed by atoms with Crippen LogP contribution in [0, 0.1) is 10.8 Å². The number of fused-ring (bicyclic) bond motifs is 2. The van der Waals surface area contributed by atoms with E-state index in [0.29, 0.717) is 38.1 Å². The number of nitrogens with zero attached hydrogens (tertiary/aromatic N) is 5. The van der Waals surface area contributed by atoms with Gasteiger partial charge in [-0.05, 0) is 47.2 Å². The molecular weight excluding hydrogens is 638 g/mol. The van der Waals surface area contributed by atoms with Crippen molar-refractivity contribution >= 4 is 67.3 Å². The predicted octanol–water partition coefficient (Wildman–Crippen LogP) is 8.13. The fourth-order valence-corrected chi connectivity index (χ4v) is 5.99. The first kappa shape index (κ1) is 31.8. The van der Waals surface area contributed by atoms with Crippen LogP contribution in [0.1, 0.15) is 75.1 Å². The van der Waals surface area contributed by atoms with Crippen LogP contribution in [-0.4, -0.2) is 60.8 Å². The van der Waals surface area contributed by atoms with Gasteiger partial charge in [0.05, 0.1) is 34.9 Å². The number of thioether (sulfide) groups is 1. The van der Waals surface area contributed by atoms with Gasteiger partial charge in [0, 0.05) is 46.8 Å². The van der Waals surface area contributed by atoms with Crippen molar-refractivity contribution in [3.8, 4) is 11.3 Å². The van der Waals surface area contributed by atoms with E-state index in [-0.39, 0.29) is 11.6 Å². The third-order valence-corrected chi connectivity index (χ3v) is 8.67. The Hall–Kier alpha value is -3.57. The molecule has 0 bridgehead atoms. The Kier molecular flexibility index (Phi) is 9.00. The molecule has 6 rings (SSSR count). The van der Waals surface area contributed by atoms with Crippen LogP contribution < -0.4 is 4.90 Å². The first-order chi connectivity index (χ1) is 20.8. The van der Waals surface area contributed by atoms with E-state index in [2.05, 4.69) is 70.2 Å². The van der Waals surface area contributed by atoms with Gasteiger partial charge in [0.25, 0.3) is 0 Å². The molecule has 1 saturated heterocycles. The maximum absolute atomic E-state index is 12.8. The summed E-state index contributed by atoms with van der Waals surface area (Å²) in [6, 6.07) is 6.47. The van der Waals surface area contributed by atoms with Crippen molar-refractivity contribution < 1.29 is 9.59 Å². The van der Waals surface area contributed by atoms with Gasteiger partial charge < -0.3 is 14.9 Å². The molecule has 0 spiro atoms. The third-order valence-electron chi connectivity index (χ3n) is 7.51. The summed E-state index contributed by atoms with van der Waals surface area (Å²) < 4.78 is 0.627.